The second kappa shape index (κ2) is 6.60. The number of nitrogens with one attached hydrogen (secondary N) is 1. The van der Waals surface area contributed by atoms with Gasteiger partial charge >= 0.3 is 6.03 Å². The van der Waals surface area contributed by atoms with Crippen LogP contribution >= 0.6 is 0 Å². The van der Waals surface area contributed by atoms with Crippen LogP contribution in [-0.4, -0.2) is 26.2 Å². The first-order valence-electron chi connectivity index (χ1n) is 9.14. The van der Waals surface area contributed by atoms with Gasteiger partial charge in [-0.2, -0.15) is 0 Å². The number of pyridine rings is 1. The lowest BCUT2D eigenvalue weighted by Crippen LogP contribution is -2.43. The lowest BCUT2D eigenvalue weighted by Gasteiger charge is -2.25. The van der Waals surface area contributed by atoms with E-state index in [0.29, 0.717) is 17.8 Å². The first-order valence-corrected chi connectivity index (χ1v) is 9.14. The Morgan fingerprint density at radius 2 is 1.79 bits per heavy atom. The lowest BCUT2D eigenvalue weighted by atomic mass is 9.87. The topological polar surface area (TPSA) is 83.8 Å². The number of urea groups is 1. The van der Waals surface area contributed by atoms with E-state index in [4.69, 9.17) is 0 Å². The molecule has 3 heterocycles. The van der Waals surface area contributed by atoms with Gasteiger partial charge in [-0.15, -0.1) is 0 Å². The molecule has 4 rings (SSSR count). The fourth-order valence-electron chi connectivity index (χ4n) is 3.74. The predicted molar refractivity (Wildman–Crippen MR) is 104 cm³/mol. The van der Waals surface area contributed by atoms with E-state index in [1.807, 2.05) is 56.3 Å². The number of hydrogen-bond acceptors (Lipinski definition) is 4. The molecule has 1 fully saturated rings. The molecule has 1 aliphatic heterocycles. The van der Waals surface area contributed by atoms with Gasteiger partial charge in [0.25, 0.3) is 11.5 Å². The minimum atomic E-state index is -1.10. The molecule has 7 nitrogen and oxygen atoms in total. The summed E-state index contributed by atoms with van der Waals surface area (Å²) in [7, 11) is 0. The number of amides is 3. The summed E-state index contributed by atoms with van der Waals surface area (Å²) in [6, 6.07) is 15.4. The van der Waals surface area contributed by atoms with E-state index in [1.165, 1.54) is 10.5 Å². The van der Waals surface area contributed by atoms with Crippen LogP contribution in [0, 0.1) is 6.92 Å². The Kier molecular flexibility index (Phi) is 4.22. The van der Waals surface area contributed by atoms with Gasteiger partial charge in [0.2, 0.25) is 0 Å². The molecular weight excluding hydrogens is 356 g/mol. The highest BCUT2D eigenvalue weighted by atomic mass is 16.2. The number of rotatable bonds is 4. The van der Waals surface area contributed by atoms with Gasteiger partial charge in [-0.1, -0.05) is 43.3 Å². The second-order valence-corrected chi connectivity index (χ2v) is 6.89. The molecule has 1 aromatic carbocycles. The van der Waals surface area contributed by atoms with Gasteiger partial charge in [-0.25, -0.2) is 9.78 Å². The Labute approximate surface area is 161 Å². The number of carbonyl (C=O) groups excluding carboxylic acids is 2. The summed E-state index contributed by atoms with van der Waals surface area (Å²) in [6.45, 7) is 3.62. The molecule has 1 aliphatic rings. The van der Waals surface area contributed by atoms with Crippen LogP contribution in [0.15, 0.2) is 59.4 Å². The van der Waals surface area contributed by atoms with Crippen molar-refractivity contribution in [3.05, 3.63) is 81.9 Å². The van der Waals surface area contributed by atoms with Crippen LogP contribution in [0.3, 0.4) is 0 Å². The zero-order valence-corrected chi connectivity index (χ0v) is 15.7. The van der Waals surface area contributed by atoms with E-state index in [1.54, 1.807) is 6.07 Å². The first-order chi connectivity index (χ1) is 13.5. The molecule has 1 saturated heterocycles. The number of aryl methyl sites for hydroxylation is 1. The lowest BCUT2D eigenvalue weighted by molar-refractivity contribution is -0.132. The van der Waals surface area contributed by atoms with Crippen molar-refractivity contribution in [2.45, 2.75) is 32.4 Å². The third kappa shape index (κ3) is 2.67. The maximum absolute atomic E-state index is 13.2. The summed E-state index contributed by atoms with van der Waals surface area (Å²) < 4.78 is 1.50. The molecule has 0 aliphatic carbocycles. The summed E-state index contributed by atoms with van der Waals surface area (Å²) in [4.78, 5) is 43.9. The summed E-state index contributed by atoms with van der Waals surface area (Å²) >= 11 is 0. The number of nitrogens with zero attached hydrogens (tertiary/aromatic N) is 3. The van der Waals surface area contributed by atoms with E-state index in [9.17, 15) is 14.4 Å². The van der Waals surface area contributed by atoms with Gasteiger partial charge in [-0.05, 0) is 31.0 Å². The van der Waals surface area contributed by atoms with Gasteiger partial charge in [0.1, 0.15) is 11.2 Å². The second-order valence-electron chi connectivity index (χ2n) is 6.89. The summed E-state index contributed by atoms with van der Waals surface area (Å²) in [6.07, 6.45) is 0.422. The number of fused-ring (bicyclic) bond motifs is 1. The molecular formula is C21H20N4O3. The van der Waals surface area contributed by atoms with Crippen LogP contribution in [0.1, 0.15) is 30.3 Å². The monoisotopic (exact) mass is 376 g/mol. The van der Waals surface area contributed by atoms with Crippen LogP contribution in [-0.2, 0) is 16.9 Å². The summed E-state index contributed by atoms with van der Waals surface area (Å²) in [5.74, 6) is -0.336. The maximum Gasteiger partial charge on any atom is 0.325 e. The van der Waals surface area contributed by atoms with Crippen LogP contribution < -0.4 is 10.9 Å². The third-order valence-corrected chi connectivity index (χ3v) is 5.23. The van der Waals surface area contributed by atoms with Crippen LogP contribution in [0.25, 0.3) is 5.65 Å². The van der Waals surface area contributed by atoms with Crippen molar-refractivity contribution in [3.8, 4) is 0 Å². The Morgan fingerprint density at radius 3 is 2.50 bits per heavy atom. The van der Waals surface area contributed by atoms with Gasteiger partial charge in [0, 0.05) is 11.8 Å². The Hall–Kier alpha value is -3.48. The van der Waals surface area contributed by atoms with Crippen molar-refractivity contribution < 1.29 is 9.59 Å². The highest BCUT2D eigenvalue weighted by Gasteiger charge is 2.51. The standard InChI is InChI=1S/C21H20N4O3/c1-3-21(15-9-5-4-6-10-15)19(27)24(20(28)23-21)13-16-12-18(26)25-14(2)8-7-11-17(25)22-16/h4-12H,3,13H2,1-2H3,(H,23,28). The molecule has 28 heavy (non-hydrogen) atoms. The minimum Gasteiger partial charge on any atom is -0.319 e. The van der Waals surface area contributed by atoms with Gasteiger partial charge in [0.15, 0.2) is 0 Å². The Balaban J connectivity index is 1.71. The molecule has 1 atom stereocenters. The maximum atomic E-state index is 13.2. The molecule has 142 valence electrons. The molecule has 3 aromatic rings. The van der Waals surface area contributed by atoms with Crippen LogP contribution in [0.4, 0.5) is 4.79 Å². The predicted octanol–water partition coefficient (Wildman–Crippen LogP) is 2.36. The average molecular weight is 376 g/mol. The average Bonchev–Trinajstić information content (AvgIpc) is 2.93. The number of hydrogen-bond donors (Lipinski definition) is 1. The molecule has 3 amide bonds. The number of aromatic nitrogens is 2. The molecule has 2 aromatic heterocycles. The van der Waals surface area contributed by atoms with Crippen molar-refractivity contribution in [1.29, 1.82) is 0 Å². The van der Waals surface area contributed by atoms with Gasteiger partial charge < -0.3 is 5.32 Å². The molecule has 7 heteroatoms. The summed E-state index contributed by atoms with van der Waals surface area (Å²) in [5, 5.41) is 2.84. The van der Waals surface area contributed by atoms with Crippen LogP contribution in [0.5, 0.6) is 0 Å². The largest absolute Gasteiger partial charge is 0.325 e. The van der Waals surface area contributed by atoms with Gasteiger partial charge in [-0.3, -0.25) is 18.9 Å². The van der Waals surface area contributed by atoms with E-state index in [0.717, 1.165) is 16.2 Å². The summed E-state index contributed by atoms with van der Waals surface area (Å²) in [5.41, 5.74) is 1.03. The third-order valence-electron chi connectivity index (χ3n) is 5.23. The first kappa shape index (κ1) is 17.9. The SMILES string of the molecule is CCC1(c2ccccc2)NC(=O)N(Cc2cc(=O)n3c(C)cccc3n2)C1=O. The number of carbonyl (C=O) groups is 2. The normalized spacial score (nSPS) is 19.3. The highest BCUT2D eigenvalue weighted by Crippen LogP contribution is 2.32. The zero-order chi connectivity index (χ0) is 19.9. The van der Waals surface area contributed by atoms with Crippen molar-refractivity contribution in [1.82, 2.24) is 19.6 Å². The Morgan fingerprint density at radius 1 is 1.04 bits per heavy atom. The smallest absolute Gasteiger partial charge is 0.319 e. The van der Waals surface area contributed by atoms with E-state index < -0.39 is 11.6 Å². The molecule has 0 saturated carbocycles. The molecule has 0 spiro atoms. The zero-order valence-electron chi connectivity index (χ0n) is 15.7. The Bertz CT molecular complexity index is 1140. The molecule has 1 N–H and O–H groups in total. The fraction of sp³-hybridized carbons (Fsp3) is 0.238. The van der Waals surface area contributed by atoms with Crippen molar-refractivity contribution in [2.75, 3.05) is 0 Å². The highest BCUT2D eigenvalue weighted by molar-refractivity contribution is 6.07. The minimum absolute atomic E-state index is 0.0566. The molecule has 1 unspecified atom stereocenters. The number of imide groups is 1. The van der Waals surface area contributed by atoms with Crippen molar-refractivity contribution >= 4 is 17.6 Å². The quantitative estimate of drug-likeness (QED) is 0.709. The van der Waals surface area contributed by atoms with Crippen molar-refractivity contribution in [2.24, 2.45) is 0 Å². The fourth-order valence-corrected chi connectivity index (χ4v) is 3.74. The van der Waals surface area contributed by atoms with E-state index in [2.05, 4.69) is 10.3 Å². The molecule has 0 radical (unpaired) electrons. The van der Waals surface area contributed by atoms with E-state index >= 15 is 0 Å². The molecule has 0 bridgehead atoms. The van der Waals surface area contributed by atoms with E-state index in [-0.39, 0.29) is 18.0 Å². The van der Waals surface area contributed by atoms with Gasteiger partial charge in [0.05, 0.1) is 12.2 Å². The van der Waals surface area contributed by atoms with Crippen molar-refractivity contribution in [3.63, 3.8) is 0 Å². The number of benzene rings is 1. The van der Waals surface area contributed by atoms with Crippen LogP contribution in [0.2, 0.25) is 0 Å².